The molecule has 1 N–H and O–H groups in total. The summed E-state index contributed by atoms with van der Waals surface area (Å²) >= 11 is 0. The van der Waals surface area contributed by atoms with Crippen molar-refractivity contribution >= 4 is 22.6 Å². The number of nitrogens with zero attached hydrogens (tertiary/aromatic N) is 3. The quantitative estimate of drug-likeness (QED) is 0.682. The van der Waals surface area contributed by atoms with Crippen molar-refractivity contribution in [2.75, 3.05) is 11.9 Å². The molecule has 148 valence electrons. The topological polar surface area (TPSA) is 69.0 Å². The van der Waals surface area contributed by atoms with Crippen molar-refractivity contribution in [1.82, 2.24) is 14.8 Å². The monoisotopic (exact) mass is 396 g/mol. The normalized spacial score (nSPS) is 11.7. The molecular weight excluding hydrogens is 380 g/mol. The Labute approximate surface area is 157 Å². The van der Waals surface area contributed by atoms with Crippen LogP contribution in [0.25, 0.3) is 11.0 Å². The predicted molar refractivity (Wildman–Crippen MR) is 93.5 cm³/mol. The molecule has 3 rings (SSSR count). The SMILES string of the molecule is Cc1cc(F)ccc1NC(=O)COc1cc(C(F)(F)F)c2c(C)nn(C)c2n1. The Balaban J connectivity index is 1.82. The molecule has 28 heavy (non-hydrogen) atoms. The van der Waals surface area contributed by atoms with Crippen molar-refractivity contribution in [3.63, 3.8) is 0 Å². The molecule has 0 aliphatic heterocycles. The van der Waals surface area contributed by atoms with Crippen LogP contribution < -0.4 is 10.1 Å². The van der Waals surface area contributed by atoms with Gasteiger partial charge in [-0.05, 0) is 37.6 Å². The molecule has 3 aromatic rings. The van der Waals surface area contributed by atoms with Crippen LogP contribution in [0.3, 0.4) is 0 Å². The number of aryl methyl sites for hydroxylation is 3. The smallest absolute Gasteiger partial charge is 0.417 e. The van der Waals surface area contributed by atoms with Crippen LogP contribution in [0.4, 0.5) is 23.2 Å². The number of anilines is 1. The minimum Gasteiger partial charge on any atom is -0.467 e. The third-order valence-electron chi connectivity index (χ3n) is 4.06. The van der Waals surface area contributed by atoms with E-state index in [2.05, 4.69) is 15.4 Å². The molecular formula is C18H16F4N4O2. The van der Waals surface area contributed by atoms with Gasteiger partial charge in [0.05, 0.1) is 16.6 Å². The van der Waals surface area contributed by atoms with Crippen LogP contribution in [0, 0.1) is 19.7 Å². The standard InChI is InChI=1S/C18H16F4N4O2/c1-9-6-11(19)4-5-13(9)23-14(27)8-28-15-7-12(18(20,21)22)16-10(2)25-26(3)17(16)24-15/h4-7H,8H2,1-3H3,(H,23,27). The van der Waals surface area contributed by atoms with Crippen LogP contribution in [-0.4, -0.2) is 27.3 Å². The Bertz CT molecular complexity index is 1060. The summed E-state index contributed by atoms with van der Waals surface area (Å²) in [5.41, 5.74) is 0.118. The molecule has 0 unspecified atom stereocenters. The van der Waals surface area contributed by atoms with Gasteiger partial charge in [-0.15, -0.1) is 0 Å². The largest absolute Gasteiger partial charge is 0.467 e. The third-order valence-corrected chi connectivity index (χ3v) is 4.06. The minimum absolute atomic E-state index is 0.00267. The number of hydrogen-bond acceptors (Lipinski definition) is 4. The number of ether oxygens (including phenoxy) is 1. The number of hydrogen-bond donors (Lipinski definition) is 1. The zero-order chi connectivity index (χ0) is 20.6. The van der Waals surface area contributed by atoms with Gasteiger partial charge in [-0.3, -0.25) is 9.48 Å². The maximum Gasteiger partial charge on any atom is 0.417 e. The predicted octanol–water partition coefficient (Wildman–Crippen LogP) is 3.76. The summed E-state index contributed by atoms with van der Waals surface area (Å²) < 4.78 is 59.8. The van der Waals surface area contributed by atoms with Crippen LogP contribution >= 0.6 is 0 Å². The fourth-order valence-corrected chi connectivity index (χ4v) is 2.81. The summed E-state index contributed by atoms with van der Waals surface area (Å²) in [6.45, 7) is 2.50. The zero-order valence-corrected chi connectivity index (χ0v) is 15.2. The first-order valence-electron chi connectivity index (χ1n) is 8.16. The van der Waals surface area contributed by atoms with Crippen molar-refractivity contribution in [2.24, 2.45) is 7.05 Å². The lowest BCUT2D eigenvalue weighted by Gasteiger charge is -2.12. The van der Waals surface area contributed by atoms with Crippen molar-refractivity contribution < 1.29 is 27.1 Å². The highest BCUT2D eigenvalue weighted by Gasteiger charge is 2.35. The number of carbonyl (C=O) groups is 1. The van der Waals surface area contributed by atoms with Crippen molar-refractivity contribution in [3.05, 3.63) is 46.9 Å². The van der Waals surface area contributed by atoms with Gasteiger partial charge in [-0.1, -0.05) is 0 Å². The number of carbonyl (C=O) groups excluding carboxylic acids is 1. The van der Waals surface area contributed by atoms with E-state index in [1.807, 2.05) is 0 Å². The Morgan fingerprint density at radius 3 is 2.61 bits per heavy atom. The third kappa shape index (κ3) is 3.90. The molecule has 0 bridgehead atoms. The summed E-state index contributed by atoms with van der Waals surface area (Å²) in [6.07, 6.45) is -4.64. The Hall–Kier alpha value is -3.17. The number of rotatable bonds is 4. The maximum atomic E-state index is 13.4. The first kappa shape index (κ1) is 19.6. The van der Waals surface area contributed by atoms with Gasteiger partial charge in [0.15, 0.2) is 12.3 Å². The summed E-state index contributed by atoms with van der Waals surface area (Å²) in [5, 5.41) is 6.35. The van der Waals surface area contributed by atoms with Gasteiger partial charge in [0.2, 0.25) is 5.88 Å². The molecule has 10 heteroatoms. The highest BCUT2D eigenvalue weighted by molar-refractivity contribution is 5.92. The fourth-order valence-electron chi connectivity index (χ4n) is 2.81. The lowest BCUT2D eigenvalue weighted by atomic mass is 10.1. The minimum atomic E-state index is -4.64. The van der Waals surface area contributed by atoms with E-state index in [1.54, 1.807) is 6.92 Å². The van der Waals surface area contributed by atoms with E-state index in [0.717, 1.165) is 6.07 Å². The molecule has 1 aromatic carbocycles. The molecule has 0 aliphatic carbocycles. The fraction of sp³-hybridized carbons (Fsp3) is 0.278. The highest BCUT2D eigenvalue weighted by Crippen LogP contribution is 2.37. The van der Waals surface area contributed by atoms with Crippen molar-refractivity contribution in [1.29, 1.82) is 0 Å². The first-order chi connectivity index (χ1) is 13.1. The number of benzene rings is 1. The van der Waals surface area contributed by atoms with E-state index >= 15 is 0 Å². The number of aromatic nitrogens is 3. The van der Waals surface area contributed by atoms with Gasteiger partial charge >= 0.3 is 6.18 Å². The van der Waals surface area contributed by atoms with Crippen LogP contribution in [0.1, 0.15) is 16.8 Å². The molecule has 0 saturated heterocycles. The Kier molecular flexibility index (Phi) is 4.97. The van der Waals surface area contributed by atoms with Gasteiger partial charge in [0.1, 0.15) is 5.82 Å². The summed E-state index contributed by atoms with van der Waals surface area (Å²) in [5.74, 6) is -1.42. The second-order valence-corrected chi connectivity index (χ2v) is 6.21. The molecule has 0 atom stereocenters. The number of amides is 1. The number of nitrogens with one attached hydrogen (secondary N) is 1. The van der Waals surface area contributed by atoms with Crippen molar-refractivity contribution in [2.45, 2.75) is 20.0 Å². The lowest BCUT2D eigenvalue weighted by Crippen LogP contribution is -2.21. The molecule has 0 fully saturated rings. The average molecular weight is 396 g/mol. The number of fused-ring (bicyclic) bond motifs is 1. The number of alkyl halides is 3. The molecule has 6 nitrogen and oxygen atoms in total. The summed E-state index contributed by atoms with van der Waals surface area (Å²) in [7, 11) is 1.47. The molecule has 2 aromatic heterocycles. The van der Waals surface area contributed by atoms with Gasteiger partial charge in [-0.25, -0.2) is 4.39 Å². The van der Waals surface area contributed by atoms with E-state index < -0.39 is 30.1 Å². The van der Waals surface area contributed by atoms with Crippen LogP contribution in [0.5, 0.6) is 5.88 Å². The van der Waals surface area contributed by atoms with Crippen LogP contribution in [0.2, 0.25) is 0 Å². The maximum absolute atomic E-state index is 13.4. The first-order valence-corrected chi connectivity index (χ1v) is 8.16. The van der Waals surface area contributed by atoms with Gasteiger partial charge in [0, 0.05) is 18.8 Å². The lowest BCUT2D eigenvalue weighted by molar-refractivity contribution is -0.136. The molecule has 0 spiro atoms. The Morgan fingerprint density at radius 2 is 1.96 bits per heavy atom. The Morgan fingerprint density at radius 1 is 1.25 bits per heavy atom. The molecule has 0 radical (unpaired) electrons. The molecule has 0 aliphatic rings. The number of pyridine rings is 1. The number of halogens is 4. The van der Waals surface area contributed by atoms with Gasteiger partial charge in [0.25, 0.3) is 5.91 Å². The highest BCUT2D eigenvalue weighted by atomic mass is 19.4. The van der Waals surface area contributed by atoms with E-state index in [-0.39, 0.29) is 22.6 Å². The van der Waals surface area contributed by atoms with Gasteiger partial charge < -0.3 is 10.1 Å². The van der Waals surface area contributed by atoms with E-state index in [1.165, 1.54) is 36.9 Å². The summed E-state index contributed by atoms with van der Waals surface area (Å²) in [4.78, 5) is 16.1. The van der Waals surface area contributed by atoms with Crippen LogP contribution in [-0.2, 0) is 18.0 Å². The van der Waals surface area contributed by atoms with Crippen molar-refractivity contribution in [3.8, 4) is 5.88 Å². The summed E-state index contributed by atoms with van der Waals surface area (Å²) in [6, 6.07) is 4.55. The van der Waals surface area contributed by atoms with E-state index in [9.17, 15) is 22.4 Å². The van der Waals surface area contributed by atoms with Gasteiger partial charge in [-0.2, -0.15) is 23.3 Å². The average Bonchev–Trinajstić information content (AvgIpc) is 2.88. The molecule has 2 heterocycles. The zero-order valence-electron chi connectivity index (χ0n) is 15.2. The van der Waals surface area contributed by atoms with Crippen LogP contribution in [0.15, 0.2) is 24.3 Å². The molecule has 0 saturated carbocycles. The molecule has 1 amide bonds. The second kappa shape index (κ2) is 7.10. The second-order valence-electron chi connectivity index (χ2n) is 6.21. The van der Waals surface area contributed by atoms with E-state index in [0.29, 0.717) is 11.3 Å². The van der Waals surface area contributed by atoms with E-state index in [4.69, 9.17) is 4.74 Å².